The van der Waals surface area contributed by atoms with Crippen LogP contribution in [-0.4, -0.2) is 23.5 Å². The summed E-state index contributed by atoms with van der Waals surface area (Å²) in [5, 5.41) is 0. The Kier molecular flexibility index (Phi) is 4.18. The van der Waals surface area contributed by atoms with Gasteiger partial charge in [0.2, 0.25) is 0 Å². The molecule has 1 amide bonds. The number of carbonyl (C=O) groups is 1. The summed E-state index contributed by atoms with van der Waals surface area (Å²) in [5.41, 5.74) is 1.00. The lowest BCUT2D eigenvalue weighted by Gasteiger charge is -2.16. The first-order valence-corrected chi connectivity index (χ1v) is 4.53. The predicted molar refractivity (Wildman–Crippen MR) is 48.2 cm³/mol. The van der Waals surface area contributed by atoms with Crippen molar-refractivity contribution in [3.8, 4) is 0 Å². The minimum Gasteiger partial charge on any atom is -0.442 e. The molecule has 0 rings (SSSR count). The Morgan fingerprint density at radius 3 is 2.45 bits per heavy atom. The van der Waals surface area contributed by atoms with Crippen LogP contribution in [0, 0.1) is 0 Å². The third-order valence-electron chi connectivity index (χ3n) is 0.657. The van der Waals surface area contributed by atoms with E-state index >= 15 is 0 Å². The zero-order valence-corrected chi connectivity index (χ0v) is 8.07. The van der Waals surface area contributed by atoms with Crippen LogP contribution >= 0.6 is 11.8 Å². The predicted octanol–water partition coefficient (Wildman–Crippen LogP) is 2.31. The van der Waals surface area contributed by atoms with E-state index in [-0.39, 0.29) is 0 Å². The number of hydrogen-bond acceptors (Lipinski definition) is 3. The van der Waals surface area contributed by atoms with Gasteiger partial charge in [0.15, 0.2) is 0 Å². The van der Waals surface area contributed by atoms with Gasteiger partial charge in [0.25, 0.3) is 0 Å². The summed E-state index contributed by atoms with van der Waals surface area (Å²) in [5.74, 6) is 0. The van der Waals surface area contributed by atoms with Crippen LogP contribution < -0.4 is 0 Å². The van der Waals surface area contributed by atoms with E-state index in [0.29, 0.717) is 0 Å². The van der Waals surface area contributed by atoms with Gasteiger partial charge in [-0.2, -0.15) is 4.99 Å². The van der Waals surface area contributed by atoms with Crippen molar-refractivity contribution in [1.82, 2.24) is 0 Å². The summed E-state index contributed by atoms with van der Waals surface area (Å²) in [6.07, 6.45) is 1.29. The Balaban J connectivity index is 3.80. The average molecular weight is 175 g/mol. The van der Waals surface area contributed by atoms with Crippen LogP contribution in [0.15, 0.2) is 4.99 Å². The Hall–Kier alpha value is -0.510. The molecule has 64 valence electrons. The number of carbonyl (C=O) groups excluding carboxylic acids is 1. The van der Waals surface area contributed by atoms with Gasteiger partial charge < -0.3 is 4.74 Å². The molecule has 0 aromatic rings. The molecule has 0 aromatic carbocycles. The first kappa shape index (κ1) is 10.5. The van der Waals surface area contributed by atoms with Crippen molar-refractivity contribution in [2.75, 3.05) is 6.26 Å². The molecular weight excluding hydrogens is 162 g/mol. The van der Waals surface area contributed by atoms with Gasteiger partial charge in [0.1, 0.15) is 5.60 Å². The van der Waals surface area contributed by atoms with E-state index in [2.05, 4.69) is 4.99 Å². The van der Waals surface area contributed by atoms with Crippen LogP contribution in [0.1, 0.15) is 20.8 Å². The van der Waals surface area contributed by atoms with E-state index in [9.17, 15) is 4.79 Å². The SMILES string of the molecule is CS/C=N\C(=O)OC(C)(C)C. The lowest BCUT2D eigenvalue weighted by molar-refractivity contribution is 0.0605. The van der Waals surface area contributed by atoms with Crippen molar-refractivity contribution >= 4 is 23.4 Å². The van der Waals surface area contributed by atoms with Crippen LogP contribution in [0.3, 0.4) is 0 Å². The Morgan fingerprint density at radius 2 is 2.09 bits per heavy atom. The number of aliphatic imine (C=N–C) groups is 1. The topological polar surface area (TPSA) is 38.7 Å². The van der Waals surface area contributed by atoms with Crippen molar-refractivity contribution in [1.29, 1.82) is 0 Å². The Morgan fingerprint density at radius 1 is 1.55 bits per heavy atom. The lowest BCUT2D eigenvalue weighted by Crippen LogP contribution is -2.21. The molecule has 0 aliphatic rings. The molecule has 0 aliphatic carbocycles. The van der Waals surface area contributed by atoms with E-state index < -0.39 is 11.7 Å². The molecule has 0 bridgehead atoms. The van der Waals surface area contributed by atoms with Crippen LogP contribution in [-0.2, 0) is 4.74 Å². The summed E-state index contributed by atoms with van der Waals surface area (Å²) in [6, 6.07) is 0. The number of amides is 1. The fourth-order valence-corrected chi connectivity index (χ4v) is 0.575. The van der Waals surface area contributed by atoms with E-state index in [0.717, 1.165) is 0 Å². The fourth-order valence-electron chi connectivity index (χ4n) is 0.384. The third kappa shape index (κ3) is 7.39. The monoisotopic (exact) mass is 175 g/mol. The molecule has 0 aromatic heterocycles. The molecule has 4 heteroatoms. The lowest BCUT2D eigenvalue weighted by atomic mass is 10.2. The molecule has 0 saturated heterocycles. The van der Waals surface area contributed by atoms with Crippen LogP contribution in [0.5, 0.6) is 0 Å². The van der Waals surface area contributed by atoms with Crippen molar-refractivity contribution in [2.45, 2.75) is 26.4 Å². The molecular formula is C7H13NO2S. The molecule has 0 atom stereocenters. The van der Waals surface area contributed by atoms with Gasteiger partial charge in [-0.25, -0.2) is 4.79 Å². The second-order valence-corrected chi connectivity index (χ2v) is 3.63. The second-order valence-electron chi connectivity index (χ2n) is 2.95. The zero-order chi connectivity index (χ0) is 8.91. The van der Waals surface area contributed by atoms with Crippen LogP contribution in [0.25, 0.3) is 0 Å². The van der Waals surface area contributed by atoms with Gasteiger partial charge in [0, 0.05) is 0 Å². The number of hydrogen-bond donors (Lipinski definition) is 0. The molecule has 0 heterocycles. The minimum atomic E-state index is -0.535. The standard InChI is InChI=1S/C7H13NO2S/c1-7(2,3)10-6(9)8-5-11-4/h5H,1-4H3/b8-5-. The average Bonchev–Trinajstić information content (AvgIpc) is 1.79. The molecule has 0 unspecified atom stereocenters. The zero-order valence-electron chi connectivity index (χ0n) is 7.25. The van der Waals surface area contributed by atoms with Crippen LogP contribution in [0.4, 0.5) is 4.79 Å². The number of nitrogens with zero attached hydrogens (tertiary/aromatic N) is 1. The van der Waals surface area contributed by atoms with Gasteiger partial charge >= 0.3 is 6.09 Å². The summed E-state index contributed by atoms with van der Waals surface area (Å²) in [7, 11) is 0. The highest BCUT2D eigenvalue weighted by Gasteiger charge is 2.14. The van der Waals surface area contributed by atoms with Crippen molar-refractivity contribution in [2.24, 2.45) is 4.99 Å². The normalized spacial score (nSPS) is 12.0. The van der Waals surface area contributed by atoms with Gasteiger partial charge in [-0.3, -0.25) is 0 Å². The molecule has 11 heavy (non-hydrogen) atoms. The van der Waals surface area contributed by atoms with Crippen molar-refractivity contribution in [3.63, 3.8) is 0 Å². The van der Waals surface area contributed by atoms with Gasteiger partial charge in [-0.05, 0) is 27.0 Å². The molecule has 0 aliphatic heterocycles. The maximum atomic E-state index is 10.8. The molecule has 3 nitrogen and oxygen atoms in total. The Labute approximate surface area is 71.2 Å². The second kappa shape index (κ2) is 4.38. The largest absolute Gasteiger partial charge is 0.442 e. The maximum absolute atomic E-state index is 10.8. The molecule has 0 spiro atoms. The summed E-state index contributed by atoms with van der Waals surface area (Å²) in [4.78, 5) is 14.3. The van der Waals surface area contributed by atoms with Gasteiger partial charge in [-0.15, -0.1) is 11.8 Å². The minimum absolute atomic E-state index is 0.452. The summed E-state index contributed by atoms with van der Waals surface area (Å²) in [6.45, 7) is 5.42. The molecule has 0 fully saturated rings. The van der Waals surface area contributed by atoms with Crippen LogP contribution in [0.2, 0.25) is 0 Å². The van der Waals surface area contributed by atoms with Crippen molar-refractivity contribution in [3.05, 3.63) is 0 Å². The molecule has 0 radical (unpaired) electrons. The smallest absolute Gasteiger partial charge is 0.434 e. The van der Waals surface area contributed by atoms with Gasteiger partial charge in [-0.1, -0.05) is 0 Å². The number of thioether (sulfide) groups is 1. The van der Waals surface area contributed by atoms with E-state index in [1.54, 1.807) is 20.8 Å². The quantitative estimate of drug-likeness (QED) is 0.453. The summed E-state index contributed by atoms with van der Waals surface area (Å²) < 4.78 is 4.89. The highest BCUT2D eigenvalue weighted by molar-refractivity contribution is 8.11. The van der Waals surface area contributed by atoms with E-state index in [4.69, 9.17) is 4.74 Å². The Bertz CT molecular complexity index is 160. The third-order valence-corrected chi connectivity index (χ3v) is 0.973. The highest BCUT2D eigenvalue weighted by atomic mass is 32.2. The molecule has 0 saturated carbocycles. The van der Waals surface area contributed by atoms with E-state index in [1.165, 1.54) is 17.3 Å². The first-order valence-electron chi connectivity index (χ1n) is 3.24. The first-order chi connectivity index (χ1) is 4.95. The highest BCUT2D eigenvalue weighted by Crippen LogP contribution is 2.07. The van der Waals surface area contributed by atoms with Gasteiger partial charge in [0.05, 0.1) is 5.55 Å². The number of rotatable bonds is 1. The molecule has 0 N–H and O–H groups in total. The summed E-state index contributed by atoms with van der Waals surface area (Å²) >= 11 is 1.36. The fraction of sp³-hybridized carbons (Fsp3) is 0.714. The maximum Gasteiger partial charge on any atom is 0.434 e. The number of ether oxygens (including phenoxy) is 1. The van der Waals surface area contributed by atoms with Crippen molar-refractivity contribution < 1.29 is 9.53 Å². The van der Waals surface area contributed by atoms with E-state index in [1.807, 2.05) is 6.26 Å².